The zero-order valence-corrected chi connectivity index (χ0v) is 20.6. The minimum atomic E-state index is -3.82. The molecule has 204 valence electrons. The van der Waals surface area contributed by atoms with E-state index in [9.17, 15) is 36.0 Å². The second-order valence-corrected chi connectivity index (χ2v) is 9.87. The van der Waals surface area contributed by atoms with E-state index in [1.54, 1.807) is 13.0 Å². The number of nitriles is 1. The molecular weight excluding hydrogens is 538 g/mol. The Kier molecular flexibility index (Phi) is 7.63. The Morgan fingerprint density at radius 3 is 2.53 bits per heavy atom. The van der Waals surface area contributed by atoms with Crippen LogP contribution in [0.3, 0.4) is 0 Å². The van der Waals surface area contributed by atoms with Gasteiger partial charge in [-0.1, -0.05) is 13.0 Å². The fourth-order valence-corrected chi connectivity index (χ4v) is 5.04. The number of piperazine rings is 1. The number of carbonyl (C=O) groups excluding carboxylic acids is 1. The first-order chi connectivity index (χ1) is 17.9. The molecule has 0 radical (unpaired) electrons. The highest BCUT2D eigenvalue weighted by Crippen LogP contribution is 2.41. The van der Waals surface area contributed by atoms with Crippen molar-refractivity contribution in [2.75, 3.05) is 32.7 Å². The van der Waals surface area contributed by atoms with E-state index in [4.69, 9.17) is 4.74 Å². The molecule has 1 saturated heterocycles. The highest BCUT2D eigenvalue weighted by Gasteiger charge is 2.43. The molecule has 0 aliphatic carbocycles. The summed E-state index contributed by atoms with van der Waals surface area (Å²) >= 11 is 0. The van der Waals surface area contributed by atoms with Gasteiger partial charge in [-0.3, -0.25) is 4.79 Å². The van der Waals surface area contributed by atoms with Gasteiger partial charge < -0.3 is 19.1 Å². The van der Waals surface area contributed by atoms with Gasteiger partial charge in [0.05, 0.1) is 5.56 Å². The number of carbonyl (C=O) groups is 1. The minimum Gasteiger partial charge on any atom is -0.472 e. The van der Waals surface area contributed by atoms with Crippen LogP contribution in [-0.4, -0.2) is 67.5 Å². The van der Waals surface area contributed by atoms with Crippen LogP contribution in [0.4, 0.5) is 17.6 Å². The molecule has 0 saturated carbocycles. The number of hydrogen-bond donors (Lipinski definition) is 1. The molecule has 11 nitrogen and oxygen atoms in total. The van der Waals surface area contributed by atoms with Gasteiger partial charge in [0.2, 0.25) is 5.88 Å². The zero-order chi connectivity index (χ0) is 27.7. The Hall–Kier alpha value is -3.68. The van der Waals surface area contributed by atoms with Crippen molar-refractivity contribution in [3.05, 3.63) is 46.6 Å². The molecule has 16 heteroatoms. The smallest absolute Gasteiger partial charge is 0.472 e. The normalized spacial score (nSPS) is 16.9. The van der Waals surface area contributed by atoms with Gasteiger partial charge in [-0.25, -0.2) is 18.5 Å². The Bertz CT molecular complexity index is 1380. The maximum Gasteiger partial charge on any atom is 0.586 e. The number of pyridine rings is 1. The molecule has 1 fully saturated rings. The number of alkyl halides is 4. The highest BCUT2D eigenvalue weighted by molar-refractivity contribution is 7.87. The van der Waals surface area contributed by atoms with Gasteiger partial charge in [-0.15, -0.1) is 8.78 Å². The van der Waals surface area contributed by atoms with Gasteiger partial charge in [0, 0.05) is 32.7 Å². The van der Waals surface area contributed by atoms with Crippen molar-refractivity contribution in [1.82, 2.24) is 18.9 Å². The summed E-state index contributed by atoms with van der Waals surface area (Å²) in [6.45, 7) is 1.24. The quantitative estimate of drug-likeness (QED) is 0.488. The van der Waals surface area contributed by atoms with Crippen LogP contribution < -0.4 is 18.9 Å². The van der Waals surface area contributed by atoms with E-state index >= 15 is 0 Å². The van der Waals surface area contributed by atoms with Crippen molar-refractivity contribution in [2.45, 2.75) is 26.3 Å². The summed E-state index contributed by atoms with van der Waals surface area (Å²) in [5.74, 6) is -1.77. The number of ether oxygens (including phenoxy) is 3. The first-order valence-electron chi connectivity index (χ1n) is 11.2. The summed E-state index contributed by atoms with van der Waals surface area (Å²) in [7, 11) is -3.72. The number of rotatable bonds is 8. The van der Waals surface area contributed by atoms with Crippen LogP contribution in [0.25, 0.3) is 0 Å². The third-order valence-electron chi connectivity index (χ3n) is 5.61. The number of nitrogens with zero attached hydrogens (tertiary/aromatic N) is 4. The van der Waals surface area contributed by atoms with Gasteiger partial charge in [-0.05, 0) is 23.8 Å². The van der Waals surface area contributed by atoms with E-state index in [1.165, 1.54) is 23.1 Å². The van der Waals surface area contributed by atoms with Crippen LogP contribution >= 0.6 is 0 Å². The average molecular weight is 559 g/mol. The van der Waals surface area contributed by atoms with Crippen molar-refractivity contribution < 1.29 is 45.0 Å². The lowest BCUT2D eigenvalue weighted by molar-refractivity contribution is -0.286. The molecule has 38 heavy (non-hydrogen) atoms. The summed E-state index contributed by atoms with van der Waals surface area (Å²) in [6, 6.07) is 6.47. The Morgan fingerprint density at radius 2 is 1.89 bits per heavy atom. The third-order valence-corrected chi connectivity index (χ3v) is 7.31. The number of benzene rings is 1. The second kappa shape index (κ2) is 10.6. The van der Waals surface area contributed by atoms with Crippen molar-refractivity contribution in [3.63, 3.8) is 0 Å². The Morgan fingerprint density at radius 1 is 1.21 bits per heavy atom. The minimum absolute atomic E-state index is 0.0493. The van der Waals surface area contributed by atoms with E-state index < -0.39 is 46.0 Å². The van der Waals surface area contributed by atoms with Gasteiger partial charge in [0.1, 0.15) is 23.9 Å². The molecular formula is C22H21F4N5O6S. The predicted molar refractivity (Wildman–Crippen MR) is 121 cm³/mol. The molecule has 1 aromatic heterocycles. The maximum atomic E-state index is 13.9. The van der Waals surface area contributed by atoms with Gasteiger partial charge in [0.25, 0.3) is 22.5 Å². The van der Waals surface area contributed by atoms with Gasteiger partial charge in [-0.2, -0.15) is 18.0 Å². The number of halogens is 4. The number of nitrogens with one attached hydrogen (secondary N) is 1. The van der Waals surface area contributed by atoms with Crippen molar-refractivity contribution in [1.29, 1.82) is 5.26 Å². The number of aromatic nitrogens is 1. The molecule has 2 aromatic rings. The number of fused-ring (bicyclic) bond motifs is 1. The lowest BCUT2D eigenvalue weighted by Gasteiger charge is -2.34. The summed E-state index contributed by atoms with van der Waals surface area (Å²) in [5.41, 5.74) is -1.45. The summed E-state index contributed by atoms with van der Waals surface area (Å²) in [5, 5.41) is 9.54. The lowest BCUT2D eigenvalue weighted by atomic mass is 10.1. The standard InChI is InChI=1S/C22H21F4N5O6S/c1-2-28-38(33,34)31-7-5-30(6-8-31)21(32)15-10-14(11-27)20(29-18(15)19(23)24)35-12-13-3-4-16-17(9-13)37-22(25,26)36-16/h3-4,9-10,19,28H,2,5-8,12H2,1H3. The highest BCUT2D eigenvalue weighted by atomic mass is 32.2. The summed E-state index contributed by atoms with van der Waals surface area (Å²) in [6.07, 6.45) is -7.02. The molecule has 2 aliphatic heterocycles. The second-order valence-electron chi connectivity index (χ2n) is 8.12. The Labute approximate surface area is 214 Å². The van der Waals surface area contributed by atoms with E-state index in [0.717, 1.165) is 10.4 Å². The monoisotopic (exact) mass is 559 g/mol. The molecule has 2 aliphatic rings. The van der Waals surface area contributed by atoms with Gasteiger partial charge in [0.15, 0.2) is 11.5 Å². The maximum absolute atomic E-state index is 13.9. The molecule has 1 amide bonds. The molecule has 0 spiro atoms. The molecule has 1 N–H and O–H groups in total. The van der Waals surface area contributed by atoms with Gasteiger partial charge >= 0.3 is 6.29 Å². The molecule has 3 heterocycles. The van der Waals surface area contributed by atoms with E-state index in [2.05, 4.69) is 19.2 Å². The fourth-order valence-electron chi connectivity index (χ4n) is 3.85. The van der Waals surface area contributed by atoms with E-state index in [-0.39, 0.29) is 56.4 Å². The zero-order valence-electron chi connectivity index (χ0n) is 19.8. The van der Waals surface area contributed by atoms with E-state index in [0.29, 0.717) is 5.56 Å². The average Bonchev–Trinajstić information content (AvgIpc) is 3.19. The molecule has 4 rings (SSSR count). The summed E-state index contributed by atoms with van der Waals surface area (Å²) in [4.78, 5) is 18.0. The first kappa shape index (κ1) is 27.4. The predicted octanol–water partition coefficient (Wildman–Crippen LogP) is 2.40. The molecule has 0 bridgehead atoms. The van der Waals surface area contributed by atoms with Crippen LogP contribution in [0.15, 0.2) is 24.3 Å². The van der Waals surface area contributed by atoms with Crippen LogP contribution in [0, 0.1) is 11.3 Å². The van der Waals surface area contributed by atoms with Crippen LogP contribution in [0.1, 0.15) is 40.5 Å². The van der Waals surface area contributed by atoms with Crippen LogP contribution in [0.2, 0.25) is 0 Å². The molecule has 0 unspecified atom stereocenters. The van der Waals surface area contributed by atoms with Crippen LogP contribution in [-0.2, 0) is 16.8 Å². The number of hydrogen-bond acceptors (Lipinski definition) is 8. The third kappa shape index (κ3) is 5.74. The van der Waals surface area contributed by atoms with Crippen molar-refractivity contribution in [2.24, 2.45) is 0 Å². The Balaban J connectivity index is 1.51. The number of amides is 1. The van der Waals surface area contributed by atoms with Crippen LogP contribution in [0.5, 0.6) is 17.4 Å². The van der Waals surface area contributed by atoms with Crippen molar-refractivity contribution in [3.8, 4) is 23.4 Å². The lowest BCUT2D eigenvalue weighted by Crippen LogP contribution is -2.53. The van der Waals surface area contributed by atoms with Crippen molar-refractivity contribution >= 4 is 16.1 Å². The van der Waals surface area contributed by atoms with E-state index in [1.807, 2.05) is 0 Å². The molecule has 1 aromatic carbocycles. The topological polar surface area (TPSA) is 134 Å². The fraction of sp³-hybridized carbons (Fsp3) is 0.409. The SMILES string of the molecule is CCNS(=O)(=O)N1CCN(C(=O)c2cc(C#N)c(OCc3ccc4c(c3)OC(F)(F)O4)nc2C(F)F)CC1. The largest absolute Gasteiger partial charge is 0.586 e. The first-order valence-corrected chi connectivity index (χ1v) is 12.7. The molecule has 0 atom stereocenters. The summed E-state index contributed by atoms with van der Waals surface area (Å²) < 4.78 is 96.1.